The maximum atomic E-state index is 12.6. The summed E-state index contributed by atoms with van der Waals surface area (Å²) in [7, 11) is 1.58. The van der Waals surface area contributed by atoms with E-state index in [-0.39, 0.29) is 11.8 Å². The van der Waals surface area contributed by atoms with Crippen molar-refractivity contribution in [3.8, 4) is 0 Å². The van der Waals surface area contributed by atoms with E-state index in [4.69, 9.17) is 9.15 Å². The molecule has 0 aliphatic carbocycles. The van der Waals surface area contributed by atoms with E-state index in [1.54, 1.807) is 43.4 Å². The van der Waals surface area contributed by atoms with E-state index >= 15 is 0 Å². The van der Waals surface area contributed by atoms with Crippen molar-refractivity contribution < 1.29 is 18.7 Å². The summed E-state index contributed by atoms with van der Waals surface area (Å²) in [4.78, 5) is 26.9. The second kappa shape index (κ2) is 8.50. The van der Waals surface area contributed by atoms with Crippen LogP contribution in [0.25, 0.3) is 0 Å². The summed E-state index contributed by atoms with van der Waals surface area (Å²) in [6.07, 6.45) is 1.57. The van der Waals surface area contributed by atoms with Gasteiger partial charge in [-0.05, 0) is 30.5 Å². The van der Waals surface area contributed by atoms with Crippen LogP contribution >= 0.6 is 11.3 Å². The smallest absolute Gasteiger partial charge is 0.261 e. The molecule has 2 aromatic rings. The largest absolute Gasteiger partial charge is 0.467 e. The first kappa shape index (κ1) is 17.2. The predicted molar refractivity (Wildman–Crippen MR) is 87.2 cm³/mol. The summed E-state index contributed by atoms with van der Waals surface area (Å²) in [5, 5.41) is 4.55. The number of nitrogens with zero attached hydrogens (tertiary/aromatic N) is 1. The summed E-state index contributed by atoms with van der Waals surface area (Å²) < 4.78 is 10.3. The van der Waals surface area contributed by atoms with E-state index in [0.717, 1.165) is 0 Å². The lowest BCUT2D eigenvalue weighted by Crippen LogP contribution is -2.47. The molecule has 2 aromatic heterocycles. The normalized spacial score (nSPS) is 11.9. The lowest BCUT2D eigenvalue weighted by atomic mass is 10.2. The Morgan fingerprint density at radius 2 is 2.22 bits per heavy atom. The van der Waals surface area contributed by atoms with Crippen LogP contribution in [0.3, 0.4) is 0 Å². The molecule has 0 radical (unpaired) electrons. The molecule has 0 fully saturated rings. The van der Waals surface area contributed by atoms with Crippen LogP contribution in [0.1, 0.15) is 22.4 Å². The fraction of sp³-hybridized carbons (Fsp3) is 0.375. The average Bonchev–Trinajstić information content (AvgIpc) is 3.23. The molecule has 0 aromatic carbocycles. The lowest BCUT2D eigenvalue weighted by Gasteiger charge is -2.25. The van der Waals surface area contributed by atoms with E-state index in [0.29, 0.717) is 30.3 Å². The Balaban J connectivity index is 1.98. The number of carbonyl (C=O) groups is 2. The molecule has 0 saturated carbocycles. The molecule has 2 heterocycles. The third-order valence-electron chi connectivity index (χ3n) is 3.27. The van der Waals surface area contributed by atoms with Gasteiger partial charge in [0.25, 0.3) is 5.91 Å². The second-order valence-corrected chi connectivity index (χ2v) is 5.95. The topological polar surface area (TPSA) is 71.8 Å². The maximum absolute atomic E-state index is 12.6. The van der Waals surface area contributed by atoms with E-state index in [2.05, 4.69) is 5.32 Å². The zero-order valence-electron chi connectivity index (χ0n) is 13.2. The highest BCUT2D eigenvalue weighted by Gasteiger charge is 2.23. The molecule has 0 bridgehead atoms. The molecule has 1 atom stereocenters. The Kier molecular flexibility index (Phi) is 6.37. The van der Waals surface area contributed by atoms with Crippen molar-refractivity contribution in [2.75, 3.05) is 20.3 Å². The van der Waals surface area contributed by atoms with Crippen LogP contribution in [0.15, 0.2) is 40.3 Å². The summed E-state index contributed by atoms with van der Waals surface area (Å²) in [6, 6.07) is 6.48. The number of ether oxygens (including phenoxy) is 1. The zero-order chi connectivity index (χ0) is 16.7. The Hall–Kier alpha value is -2.12. The first-order valence-corrected chi connectivity index (χ1v) is 8.14. The molecule has 0 saturated heterocycles. The van der Waals surface area contributed by atoms with Gasteiger partial charge in [0.05, 0.1) is 24.3 Å². The fourth-order valence-corrected chi connectivity index (χ4v) is 2.70. The highest BCUT2D eigenvalue weighted by molar-refractivity contribution is 7.12. The van der Waals surface area contributed by atoms with Crippen molar-refractivity contribution in [2.45, 2.75) is 19.5 Å². The Morgan fingerprint density at radius 1 is 1.39 bits per heavy atom. The number of nitrogens with one attached hydrogen (secondary N) is 1. The number of methoxy groups -OCH3 is 1. The van der Waals surface area contributed by atoms with Crippen LogP contribution in [0.2, 0.25) is 0 Å². The van der Waals surface area contributed by atoms with Gasteiger partial charge in [0, 0.05) is 13.7 Å². The first-order chi connectivity index (χ1) is 11.1. The highest BCUT2D eigenvalue weighted by atomic mass is 32.1. The molecule has 2 rings (SSSR count). The first-order valence-electron chi connectivity index (χ1n) is 7.26. The lowest BCUT2D eigenvalue weighted by molar-refractivity contribution is -0.134. The minimum absolute atomic E-state index is 0.177. The molecule has 6 nitrogen and oxygen atoms in total. The minimum Gasteiger partial charge on any atom is -0.467 e. The van der Waals surface area contributed by atoms with E-state index < -0.39 is 6.04 Å². The van der Waals surface area contributed by atoms with Gasteiger partial charge in [0.2, 0.25) is 5.91 Å². The molecule has 0 aliphatic heterocycles. The van der Waals surface area contributed by atoms with Crippen molar-refractivity contribution in [3.05, 3.63) is 46.5 Å². The number of rotatable bonds is 8. The van der Waals surface area contributed by atoms with Gasteiger partial charge < -0.3 is 19.4 Å². The molecule has 124 valence electrons. The van der Waals surface area contributed by atoms with Crippen LogP contribution in [0.4, 0.5) is 0 Å². The number of carbonyl (C=O) groups excluding carboxylic acids is 2. The molecule has 0 spiro atoms. The third-order valence-corrected chi connectivity index (χ3v) is 4.14. The molecular formula is C16H20N2O4S. The molecule has 1 N–H and O–H groups in total. The van der Waals surface area contributed by atoms with Gasteiger partial charge in [-0.1, -0.05) is 6.07 Å². The van der Waals surface area contributed by atoms with Crippen molar-refractivity contribution in [2.24, 2.45) is 0 Å². The van der Waals surface area contributed by atoms with Crippen LogP contribution in [0.5, 0.6) is 0 Å². The molecule has 2 amide bonds. The third kappa shape index (κ3) is 4.94. The van der Waals surface area contributed by atoms with Crippen molar-refractivity contribution in [3.63, 3.8) is 0 Å². The van der Waals surface area contributed by atoms with Crippen molar-refractivity contribution in [1.82, 2.24) is 10.2 Å². The van der Waals surface area contributed by atoms with Crippen LogP contribution < -0.4 is 5.32 Å². The quantitative estimate of drug-likeness (QED) is 0.802. The minimum atomic E-state index is -0.628. The average molecular weight is 336 g/mol. The molecule has 1 unspecified atom stereocenters. The maximum Gasteiger partial charge on any atom is 0.261 e. The van der Waals surface area contributed by atoms with Crippen molar-refractivity contribution >= 4 is 23.2 Å². The molecule has 23 heavy (non-hydrogen) atoms. The molecular weight excluding hydrogens is 316 g/mol. The summed E-state index contributed by atoms with van der Waals surface area (Å²) in [5.41, 5.74) is 0. The summed E-state index contributed by atoms with van der Waals surface area (Å²) in [6.45, 7) is 2.86. The standard InChI is InChI=1S/C16H20N2O4S/c1-12(17-15(19)14-6-4-10-23-14)16(20)18(7-9-21-2)11-13-5-3-8-22-13/h3-6,8,10,12H,7,9,11H2,1-2H3,(H,17,19). The van der Waals surface area contributed by atoms with Crippen LogP contribution in [0, 0.1) is 0 Å². The Bertz CT molecular complexity index is 610. The van der Waals surface area contributed by atoms with Gasteiger partial charge >= 0.3 is 0 Å². The van der Waals surface area contributed by atoms with Gasteiger partial charge in [0.1, 0.15) is 11.8 Å². The van der Waals surface area contributed by atoms with E-state index in [1.807, 2.05) is 11.4 Å². The summed E-state index contributed by atoms with van der Waals surface area (Å²) in [5.74, 6) is 0.264. The second-order valence-electron chi connectivity index (χ2n) is 5.00. The van der Waals surface area contributed by atoms with Crippen LogP contribution in [-0.2, 0) is 16.1 Å². The molecule has 7 heteroatoms. The van der Waals surface area contributed by atoms with Gasteiger partial charge in [0.15, 0.2) is 0 Å². The SMILES string of the molecule is COCCN(Cc1ccco1)C(=O)C(C)NC(=O)c1cccs1. The monoisotopic (exact) mass is 336 g/mol. The zero-order valence-corrected chi connectivity index (χ0v) is 14.0. The van der Waals surface area contributed by atoms with Gasteiger partial charge in [-0.25, -0.2) is 0 Å². The number of amides is 2. The summed E-state index contributed by atoms with van der Waals surface area (Å²) >= 11 is 1.34. The Morgan fingerprint density at radius 3 is 2.83 bits per heavy atom. The van der Waals surface area contributed by atoms with Crippen LogP contribution in [-0.4, -0.2) is 43.0 Å². The Labute approximate surface area is 139 Å². The van der Waals surface area contributed by atoms with Gasteiger partial charge in [-0.3, -0.25) is 9.59 Å². The number of thiophene rings is 1. The predicted octanol–water partition coefficient (Wildman–Crippen LogP) is 2.13. The number of furan rings is 1. The van der Waals surface area contributed by atoms with E-state index in [9.17, 15) is 9.59 Å². The molecule has 0 aliphatic rings. The van der Waals surface area contributed by atoms with Crippen molar-refractivity contribution in [1.29, 1.82) is 0 Å². The number of hydrogen-bond acceptors (Lipinski definition) is 5. The highest BCUT2D eigenvalue weighted by Crippen LogP contribution is 2.10. The number of hydrogen-bond donors (Lipinski definition) is 1. The van der Waals surface area contributed by atoms with Gasteiger partial charge in [-0.15, -0.1) is 11.3 Å². The van der Waals surface area contributed by atoms with Gasteiger partial charge in [-0.2, -0.15) is 0 Å². The fourth-order valence-electron chi connectivity index (χ4n) is 2.07. The van der Waals surface area contributed by atoms with E-state index in [1.165, 1.54) is 11.3 Å².